The lowest BCUT2D eigenvalue weighted by atomic mass is 9.90. The zero-order valence-electron chi connectivity index (χ0n) is 18.7. The number of hydrogen-bond donors (Lipinski definition) is 0. The largest absolute Gasteiger partial charge is 0.342 e. The predicted molar refractivity (Wildman–Crippen MR) is 127 cm³/mol. The first-order valence-electron chi connectivity index (χ1n) is 10.9. The monoisotopic (exact) mass is 452 g/mol. The lowest BCUT2D eigenvalue weighted by molar-refractivity contribution is -0.129. The van der Waals surface area contributed by atoms with Crippen LogP contribution in [0.1, 0.15) is 24.0 Å². The third kappa shape index (κ3) is 4.37. The Morgan fingerprint density at radius 1 is 1.09 bits per heavy atom. The second-order valence-corrected chi connectivity index (χ2v) is 9.46. The van der Waals surface area contributed by atoms with Crippen molar-refractivity contribution in [3.63, 3.8) is 0 Å². The van der Waals surface area contributed by atoms with Crippen LogP contribution in [0.5, 0.6) is 0 Å². The van der Waals surface area contributed by atoms with Crippen molar-refractivity contribution < 1.29 is 4.79 Å². The van der Waals surface area contributed by atoms with E-state index in [0.717, 1.165) is 47.4 Å². The van der Waals surface area contributed by atoms with Gasteiger partial charge in [0.1, 0.15) is 5.65 Å². The number of fused-ring (bicyclic) bond motifs is 1. The molecule has 1 aliphatic heterocycles. The van der Waals surface area contributed by atoms with Gasteiger partial charge in [-0.2, -0.15) is 0 Å². The lowest BCUT2D eigenvalue weighted by Crippen LogP contribution is -2.40. The van der Waals surface area contributed by atoms with Gasteiger partial charge in [-0.1, -0.05) is 30.3 Å². The van der Waals surface area contributed by atoms with Crippen molar-refractivity contribution in [1.82, 2.24) is 19.0 Å². The highest BCUT2D eigenvalue weighted by Gasteiger charge is 2.24. The Labute approximate surface area is 191 Å². The van der Waals surface area contributed by atoms with E-state index >= 15 is 0 Å². The zero-order chi connectivity index (χ0) is 22.8. The molecule has 0 bridgehead atoms. The van der Waals surface area contributed by atoms with Gasteiger partial charge < -0.3 is 4.90 Å². The fraction of sp³-hybridized carbons (Fsp3) is 0.417. The first-order chi connectivity index (χ1) is 15.4. The van der Waals surface area contributed by atoms with E-state index in [-0.39, 0.29) is 17.2 Å². The average molecular weight is 453 g/mol. The van der Waals surface area contributed by atoms with Crippen molar-refractivity contribution in [1.29, 1.82) is 0 Å². The summed E-state index contributed by atoms with van der Waals surface area (Å²) < 4.78 is 2.46. The van der Waals surface area contributed by atoms with Gasteiger partial charge in [0.25, 0.3) is 5.56 Å². The van der Waals surface area contributed by atoms with Crippen LogP contribution < -0.4 is 11.2 Å². The number of amides is 1. The molecule has 1 fully saturated rings. The smallest absolute Gasteiger partial charge is 0.332 e. The Bertz CT molecular complexity index is 1260. The Hall–Kier alpha value is -2.87. The number of benzene rings is 1. The average Bonchev–Trinajstić information content (AvgIpc) is 2.81. The van der Waals surface area contributed by atoms with Gasteiger partial charge in [-0.3, -0.25) is 18.7 Å². The molecule has 1 aliphatic rings. The molecule has 8 heteroatoms. The topological polar surface area (TPSA) is 77.2 Å². The predicted octanol–water partition coefficient (Wildman–Crippen LogP) is 2.51. The summed E-state index contributed by atoms with van der Waals surface area (Å²) in [5, 5.41) is 0.397. The maximum atomic E-state index is 12.9. The summed E-state index contributed by atoms with van der Waals surface area (Å²) in [6.07, 6.45) is 4.72. The minimum Gasteiger partial charge on any atom is -0.342 e. The van der Waals surface area contributed by atoms with E-state index in [2.05, 4.69) is 29.2 Å². The van der Waals surface area contributed by atoms with Gasteiger partial charge in [0, 0.05) is 38.3 Å². The highest BCUT2D eigenvalue weighted by Crippen LogP contribution is 2.28. The van der Waals surface area contributed by atoms with Crippen LogP contribution in [0, 0.1) is 12.8 Å². The molecule has 3 aromatic rings. The first kappa shape index (κ1) is 22.3. The fourth-order valence-electron chi connectivity index (χ4n) is 4.34. The summed E-state index contributed by atoms with van der Waals surface area (Å²) in [6, 6.07) is 10.5. The van der Waals surface area contributed by atoms with Gasteiger partial charge in [0.2, 0.25) is 5.91 Å². The van der Waals surface area contributed by atoms with Crippen molar-refractivity contribution in [2.45, 2.75) is 31.1 Å². The molecular formula is C24H28N4O3S. The Balaban J connectivity index is 1.44. The first-order valence-corrected chi connectivity index (χ1v) is 11.8. The molecule has 7 nitrogen and oxygen atoms in total. The molecule has 0 saturated carbocycles. The number of thioether (sulfide) groups is 1. The molecule has 2 aromatic heterocycles. The second-order valence-electron chi connectivity index (χ2n) is 8.48. The number of carbonyl (C=O) groups is 1. The van der Waals surface area contributed by atoms with Crippen molar-refractivity contribution in [3.8, 4) is 0 Å². The van der Waals surface area contributed by atoms with Crippen LogP contribution in [0.4, 0.5) is 0 Å². The van der Waals surface area contributed by atoms with Gasteiger partial charge in [-0.25, -0.2) is 9.78 Å². The molecule has 4 rings (SSSR count). The number of aromatic nitrogens is 3. The second kappa shape index (κ2) is 9.32. The molecule has 168 valence electrons. The SMILES string of the molecule is Cc1cnc2c(c1SCC(=O)N1CCC(Cc3ccccc3)CC1)c(=O)n(C)c(=O)n2C. The third-order valence-corrected chi connectivity index (χ3v) is 7.48. The van der Waals surface area contributed by atoms with Crippen molar-refractivity contribution in [3.05, 3.63) is 68.5 Å². The molecule has 3 heterocycles. The fourth-order valence-corrected chi connectivity index (χ4v) is 5.40. The van der Waals surface area contributed by atoms with Crippen LogP contribution in [0.25, 0.3) is 11.0 Å². The van der Waals surface area contributed by atoms with Crippen LogP contribution in [-0.4, -0.2) is 43.8 Å². The van der Waals surface area contributed by atoms with E-state index in [0.29, 0.717) is 17.0 Å². The molecule has 0 spiro atoms. The number of likely N-dealkylation sites (tertiary alicyclic amines) is 1. The van der Waals surface area contributed by atoms with Gasteiger partial charge in [-0.15, -0.1) is 11.8 Å². The molecular weight excluding hydrogens is 424 g/mol. The molecule has 1 amide bonds. The summed E-state index contributed by atoms with van der Waals surface area (Å²) in [5.74, 6) is 0.943. The van der Waals surface area contributed by atoms with Crippen LogP contribution in [-0.2, 0) is 25.3 Å². The van der Waals surface area contributed by atoms with Crippen molar-refractivity contribution in [2.24, 2.45) is 20.0 Å². The van der Waals surface area contributed by atoms with Crippen LogP contribution in [0.15, 0.2) is 51.0 Å². The molecule has 0 radical (unpaired) electrons. The number of hydrogen-bond acceptors (Lipinski definition) is 5. The minimum atomic E-state index is -0.413. The maximum absolute atomic E-state index is 12.9. The molecule has 1 saturated heterocycles. The van der Waals surface area contributed by atoms with Crippen LogP contribution >= 0.6 is 11.8 Å². The maximum Gasteiger partial charge on any atom is 0.332 e. The molecule has 1 aromatic carbocycles. The number of pyridine rings is 1. The molecule has 0 N–H and O–H groups in total. The number of nitrogens with zero attached hydrogens (tertiary/aromatic N) is 4. The molecule has 0 aliphatic carbocycles. The van der Waals surface area contributed by atoms with E-state index in [1.165, 1.54) is 28.9 Å². The van der Waals surface area contributed by atoms with Crippen molar-refractivity contribution >= 4 is 28.7 Å². The zero-order valence-corrected chi connectivity index (χ0v) is 19.5. The van der Waals surface area contributed by atoms with Crippen LogP contribution in [0.2, 0.25) is 0 Å². The highest BCUT2D eigenvalue weighted by molar-refractivity contribution is 8.00. The normalized spacial score (nSPS) is 14.8. The van der Waals surface area contributed by atoms with Crippen LogP contribution in [0.3, 0.4) is 0 Å². The van der Waals surface area contributed by atoms with E-state index in [1.807, 2.05) is 17.9 Å². The summed E-state index contributed by atoms with van der Waals surface area (Å²) >= 11 is 1.36. The van der Waals surface area contributed by atoms with Gasteiger partial charge >= 0.3 is 5.69 Å². The number of rotatable bonds is 5. The summed E-state index contributed by atoms with van der Waals surface area (Å²) in [4.78, 5) is 44.9. The number of piperidine rings is 1. The lowest BCUT2D eigenvalue weighted by Gasteiger charge is -2.32. The van der Waals surface area contributed by atoms with E-state index < -0.39 is 5.69 Å². The van der Waals surface area contributed by atoms with E-state index in [4.69, 9.17) is 0 Å². The quantitative estimate of drug-likeness (QED) is 0.556. The summed E-state index contributed by atoms with van der Waals surface area (Å²) in [6.45, 7) is 3.41. The van der Waals surface area contributed by atoms with Gasteiger partial charge in [0.15, 0.2) is 0 Å². The van der Waals surface area contributed by atoms with Crippen molar-refractivity contribution in [2.75, 3.05) is 18.8 Å². The standard InChI is InChI=1S/C24H28N4O3S/c1-16-14-25-22-20(23(30)27(3)24(31)26(22)2)21(16)32-15-19(29)28-11-9-18(10-12-28)13-17-7-5-4-6-8-17/h4-8,14,18H,9-13,15H2,1-3H3. The minimum absolute atomic E-state index is 0.0826. The number of aryl methyl sites for hydroxylation is 2. The summed E-state index contributed by atoms with van der Waals surface area (Å²) in [5.41, 5.74) is 1.73. The molecule has 32 heavy (non-hydrogen) atoms. The molecule has 0 unspecified atom stereocenters. The molecule has 0 atom stereocenters. The van der Waals surface area contributed by atoms with E-state index in [9.17, 15) is 14.4 Å². The Kier molecular flexibility index (Phi) is 6.50. The highest BCUT2D eigenvalue weighted by atomic mass is 32.2. The Morgan fingerprint density at radius 3 is 2.47 bits per heavy atom. The van der Waals surface area contributed by atoms with Gasteiger partial charge in [0.05, 0.1) is 11.1 Å². The number of carbonyl (C=O) groups excluding carboxylic acids is 1. The Morgan fingerprint density at radius 2 is 1.78 bits per heavy atom. The van der Waals surface area contributed by atoms with Gasteiger partial charge in [-0.05, 0) is 43.2 Å². The summed E-state index contributed by atoms with van der Waals surface area (Å²) in [7, 11) is 3.07. The van der Waals surface area contributed by atoms with E-state index in [1.54, 1.807) is 13.2 Å². The third-order valence-electron chi connectivity index (χ3n) is 6.27.